The maximum atomic E-state index is 5.60. The van der Waals surface area contributed by atoms with Crippen molar-refractivity contribution >= 4 is 5.95 Å². The molecule has 6 nitrogen and oxygen atoms in total. The number of rotatable bonds is 8. The van der Waals surface area contributed by atoms with E-state index in [0.29, 0.717) is 12.1 Å². The molecule has 1 saturated heterocycles. The summed E-state index contributed by atoms with van der Waals surface area (Å²) < 4.78 is 5.30. The Morgan fingerprint density at radius 2 is 2.10 bits per heavy atom. The number of piperidine rings is 1. The molecule has 2 heterocycles. The number of anilines is 1. The SMILES string of the molecule is COCC(CCCN)NC1CCN(c2ncccn2)CC1. The van der Waals surface area contributed by atoms with E-state index in [9.17, 15) is 0 Å². The number of ether oxygens (including phenoxy) is 1. The number of aromatic nitrogens is 2. The normalized spacial score (nSPS) is 17.9. The minimum absolute atomic E-state index is 0.406. The summed E-state index contributed by atoms with van der Waals surface area (Å²) in [6, 6.07) is 2.80. The standard InChI is InChI=1S/C15H27N5O/c1-21-12-14(4-2-7-16)19-13-5-10-20(11-6-13)15-17-8-3-9-18-15/h3,8-9,13-14,19H,2,4-7,10-12,16H2,1H3. The fraction of sp³-hybridized carbons (Fsp3) is 0.733. The Labute approximate surface area is 127 Å². The minimum atomic E-state index is 0.406. The molecule has 0 aromatic carbocycles. The highest BCUT2D eigenvalue weighted by atomic mass is 16.5. The third kappa shape index (κ3) is 5.22. The molecule has 0 aliphatic carbocycles. The molecule has 21 heavy (non-hydrogen) atoms. The molecule has 1 atom stereocenters. The second kappa shape index (κ2) is 8.92. The van der Waals surface area contributed by atoms with Crippen LogP contribution in [0.1, 0.15) is 25.7 Å². The van der Waals surface area contributed by atoms with Gasteiger partial charge in [0.25, 0.3) is 0 Å². The number of nitrogens with two attached hydrogens (primary N) is 1. The average molecular weight is 293 g/mol. The van der Waals surface area contributed by atoms with Crippen molar-refractivity contribution in [3.05, 3.63) is 18.5 Å². The van der Waals surface area contributed by atoms with E-state index in [1.165, 1.54) is 0 Å². The lowest BCUT2D eigenvalue weighted by atomic mass is 10.0. The van der Waals surface area contributed by atoms with Gasteiger partial charge in [-0.2, -0.15) is 0 Å². The fourth-order valence-corrected chi connectivity index (χ4v) is 2.81. The Morgan fingerprint density at radius 1 is 1.38 bits per heavy atom. The lowest BCUT2D eigenvalue weighted by Crippen LogP contribution is -2.48. The Bertz CT molecular complexity index is 381. The molecule has 0 radical (unpaired) electrons. The van der Waals surface area contributed by atoms with E-state index in [-0.39, 0.29) is 0 Å². The predicted molar refractivity (Wildman–Crippen MR) is 84.4 cm³/mol. The van der Waals surface area contributed by atoms with Crippen molar-refractivity contribution in [1.82, 2.24) is 15.3 Å². The monoisotopic (exact) mass is 293 g/mol. The molecule has 1 aromatic rings. The molecular formula is C15H27N5O. The molecule has 1 aromatic heterocycles. The second-order valence-electron chi connectivity index (χ2n) is 5.56. The van der Waals surface area contributed by atoms with E-state index in [0.717, 1.165) is 57.9 Å². The van der Waals surface area contributed by atoms with Gasteiger partial charge < -0.3 is 20.7 Å². The van der Waals surface area contributed by atoms with Crippen molar-refractivity contribution in [3.63, 3.8) is 0 Å². The zero-order chi connectivity index (χ0) is 14.9. The molecule has 118 valence electrons. The van der Waals surface area contributed by atoms with Crippen LogP contribution in [-0.4, -0.2) is 55.4 Å². The van der Waals surface area contributed by atoms with Gasteiger partial charge in [0.2, 0.25) is 5.95 Å². The molecule has 0 amide bonds. The first kappa shape index (κ1) is 16.1. The van der Waals surface area contributed by atoms with E-state index in [1.54, 1.807) is 19.5 Å². The minimum Gasteiger partial charge on any atom is -0.383 e. The van der Waals surface area contributed by atoms with Gasteiger partial charge in [-0.3, -0.25) is 0 Å². The molecule has 0 saturated carbocycles. The van der Waals surface area contributed by atoms with E-state index in [4.69, 9.17) is 10.5 Å². The first-order valence-corrected chi connectivity index (χ1v) is 7.80. The fourth-order valence-electron chi connectivity index (χ4n) is 2.81. The van der Waals surface area contributed by atoms with Gasteiger partial charge in [-0.05, 0) is 38.3 Å². The first-order chi connectivity index (χ1) is 10.3. The van der Waals surface area contributed by atoms with Crippen LogP contribution >= 0.6 is 0 Å². The Kier molecular flexibility index (Phi) is 6.85. The Balaban J connectivity index is 1.77. The summed E-state index contributed by atoms with van der Waals surface area (Å²) >= 11 is 0. The van der Waals surface area contributed by atoms with Gasteiger partial charge in [-0.15, -0.1) is 0 Å². The van der Waals surface area contributed by atoms with E-state index in [1.807, 2.05) is 6.07 Å². The number of hydrogen-bond acceptors (Lipinski definition) is 6. The van der Waals surface area contributed by atoms with Gasteiger partial charge in [0.05, 0.1) is 6.61 Å². The van der Waals surface area contributed by atoms with Crippen LogP contribution in [0.3, 0.4) is 0 Å². The highest BCUT2D eigenvalue weighted by Gasteiger charge is 2.22. The lowest BCUT2D eigenvalue weighted by molar-refractivity contribution is 0.152. The van der Waals surface area contributed by atoms with Gasteiger partial charge in [0.1, 0.15) is 0 Å². The molecule has 1 aliphatic rings. The summed E-state index contributed by atoms with van der Waals surface area (Å²) in [6.45, 7) is 3.49. The third-order valence-corrected chi connectivity index (χ3v) is 3.93. The zero-order valence-corrected chi connectivity index (χ0v) is 12.9. The van der Waals surface area contributed by atoms with Crippen LogP contribution in [0.5, 0.6) is 0 Å². The highest BCUT2D eigenvalue weighted by Crippen LogP contribution is 2.16. The lowest BCUT2D eigenvalue weighted by Gasteiger charge is -2.34. The van der Waals surface area contributed by atoms with Crippen LogP contribution < -0.4 is 16.0 Å². The predicted octanol–water partition coefficient (Wildman–Crippen LogP) is 0.789. The Morgan fingerprint density at radius 3 is 2.71 bits per heavy atom. The zero-order valence-electron chi connectivity index (χ0n) is 12.9. The number of methoxy groups -OCH3 is 1. The third-order valence-electron chi connectivity index (χ3n) is 3.93. The summed E-state index contributed by atoms with van der Waals surface area (Å²) in [6.07, 6.45) is 7.94. The van der Waals surface area contributed by atoms with Gasteiger partial charge in [-0.1, -0.05) is 0 Å². The molecule has 3 N–H and O–H groups in total. The molecule has 2 rings (SSSR count). The molecule has 1 fully saturated rings. The van der Waals surface area contributed by atoms with Gasteiger partial charge in [0, 0.05) is 44.7 Å². The quantitative estimate of drug-likeness (QED) is 0.738. The number of nitrogens with zero attached hydrogens (tertiary/aromatic N) is 3. The molecular weight excluding hydrogens is 266 g/mol. The molecule has 0 spiro atoms. The summed E-state index contributed by atoms with van der Waals surface area (Å²) in [4.78, 5) is 10.9. The van der Waals surface area contributed by atoms with Crippen molar-refractivity contribution < 1.29 is 4.74 Å². The summed E-state index contributed by atoms with van der Waals surface area (Å²) in [5.74, 6) is 0.840. The maximum Gasteiger partial charge on any atom is 0.225 e. The van der Waals surface area contributed by atoms with Crippen LogP contribution in [0.4, 0.5) is 5.95 Å². The van der Waals surface area contributed by atoms with Crippen LogP contribution in [0, 0.1) is 0 Å². The second-order valence-corrected chi connectivity index (χ2v) is 5.56. The van der Waals surface area contributed by atoms with Crippen LogP contribution in [-0.2, 0) is 4.74 Å². The number of hydrogen-bond donors (Lipinski definition) is 2. The average Bonchev–Trinajstić information content (AvgIpc) is 2.54. The largest absolute Gasteiger partial charge is 0.383 e. The van der Waals surface area contributed by atoms with Crippen LogP contribution in [0.15, 0.2) is 18.5 Å². The van der Waals surface area contributed by atoms with Gasteiger partial charge >= 0.3 is 0 Å². The molecule has 0 bridgehead atoms. The molecule has 6 heteroatoms. The van der Waals surface area contributed by atoms with Gasteiger partial charge in [-0.25, -0.2) is 9.97 Å². The number of nitrogens with one attached hydrogen (secondary N) is 1. The van der Waals surface area contributed by atoms with E-state index >= 15 is 0 Å². The smallest absolute Gasteiger partial charge is 0.225 e. The summed E-state index contributed by atoms with van der Waals surface area (Å²) in [5.41, 5.74) is 5.60. The van der Waals surface area contributed by atoms with Crippen molar-refractivity contribution in [2.45, 2.75) is 37.8 Å². The van der Waals surface area contributed by atoms with Crippen LogP contribution in [0.25, 0.3) is 0 Å². The van der Waals surface area contributed by atoms with Crippen LogP contribution in [0.2, 0.25) is 0 Å². The van der Waals surface area contributed by atoms with E-state index < -0.39 is 0 Å². The first-order valence-electron chi connectivity index (χ1n) is 7.80. The maximum absolute atomic E-state index is 5.60. The molecule has 1 unspecified atom stereocenters. The van der Waals surface area contributed by atoms with E-state index in [2.05, 4.69) is 20.2 Å². The summed E-state index contributed by atoms with van der Waals surface area (Å²) in [5, 5.41) is 3.72. The van der Waals surface area contributed by atoms with Crippen molar-refractivity contribution in [2.24, 2.45) is 5.73 Å². The van der Waals surface area contributed by atoms with Gasteiger partial charge in [0.15, 0.2) is 0 Å². The van der Waals surface area contributed by atoms with Crippen molar-refractivity contribution in [2.75, 3.05) is 38.3 Å². The van der Waals surface area contributed by atoms with Crippen molar-refractivity contribution in [1.29, 1.82) is 0 Å². The molecule has 1 aliphatic heterocycles. The topological polar surface area (TPSA) is 76.3 Å². The summed E-state index contributed by atoms with van der Waals surface area (Å²) in [7, 11) is 1.76. The Hall–Kier alpha value is -1.24. The highest BCUT2D eigenvalue weighted by molar-refractivity contribution is 5.29. The van der Waals surface area contributed by atoms with Crippen molar-refractivity contribution in [3.8, 4) is 0 Å².